The van der Waals surface area contributed by atoms with E-state index < -0.39 is 10.9 Å². The maximum Gasteiger partial charge on any atom is 0.144 e. The fourth-order valence-corrected chi connectivity index (χ4v) is 3.44. The minimum atomic E-state index is -0.711. The van der Waals surface area contributed by atoms with E-state index in [1.54, 1.807) is 11.0 Å². The number of amidine groups is 1. The fraction of sp³-hybridized carbons (Fsp3) is 0.250. The van der Waals surface area contributed by atoms with Crippen molar-refractivity contribution >= 4 is 23.1 Å². The number of alkyl halides is 1. The van der Waals surface area contributed by atoms with Crippen LogP contribution in [0, 0.1) is 16.7 Å². The number of anilines is 1. The number of rotatable bonds is 1. The van der Waals surface area contributed by atoms with Crippen molar-refractivity contribution in [2.75, 3.05) is 4.90 Å². The third-order valence-corrected chi connectivity index (χ3v) is 4.75. The van der Waals surface area contributed by atoms with Gasteiger partial charge < -0.3 is 10.0 Å². The lowest BCUT2D eigenvalue weighted by atomic mass is 9.81. The van der Waals surface area contributed by atoms with E-state index in [1.807, 2.05) is 37.3 Å². The summed E-state index contributed by atoms with van der Waals surface area (Å²) in [6.07, 6.45) is 1.89. The van der Waals surface area contributed by atoms with Gasteiger partial charge in [0, 0.05) is 17.7 Å². The summed E-state index contributed by atoms with van der Waals surface area (Å²) >= 11 is 6.50. The van der Waals surface area contributed by atoms with Gasteiger partial charge in [-0.1, -0.05) is 18.2 Å². The Hall–Kier alpha value is -2.25. The van der Waals surface area contributed by atoms with E-state index in [2.05, 4.69) is 6.07 Å². The molecule has 0 aromatic heterocycles. The highest BCUT2D eigenvalue weighted by Crippen LogP contribution is 2.47. The summed E-state index contributed by atoms with van der Waals surface area (Å²) in [4.78, 5) is 1.78. The molecule has 1 aromatic rings. The highest BCUT2D eigenvalue weighted by molar-refractivity contribution is 6.25. The Morgan fingerprint density at radius 2 is 2.10 bits per heavy atom. The molecule has 1 aliphatic heterocycles. The van der Waals surface area contributed by atoms with Crippen LogP contribution < -0.4 is 4.90 Å². The Morgan fingerprint density at radius 3 is 2.71 bits per heavy atom. The van der Waals surface area contributed by atoms with Crippen LogP contribution in [0.15, 0.2) is 53.3 Å². The Bertz CT molecular complexity index is 717. The first-order chi connectivity index (χ1) is 10.00. The van der Waals surface area contributed by atoms with Crippen LogP contribution in [0.2, 0.25) is 0 Å². The first-order valence-electron chi connectivity index (χ1n) is 6.62. The molecule has 0 amide bonds. The molecule has 3 rings (SSSR count). The number of halogens is 1. The molecule has 0 fully saturated rings. The minimum Gasteiger partial charge on any atom is -0.512 e. The predicted molar refractivity (Wildman–Crippen MR) is 82.7 cm³/mol. The van der Waals surface area contributed by atoms with Crippen LogP contribution in [0.1, 0.15) is 13.3 Å². The molecule has 21 heavy (non-hydrogen) atoms. The molecule has 0 saturated carbocycles. The number of nitrogens with zero attached hydrogens (tertiary/aromatic N) is 2. The van der Waals surface area contributed by atoms with Gasteiger partial charge in [0.2, 0.25) is 0 Å². The summed E-state index contributed by atoms with van der Waals surface area (Å²) in [5.74, 6) is 0.274. The van der Waals surface area contributed by atoms with Crippen molar-refractivity contribution in [3.8, 4) is 6.07 Å². The zero-order valence-corrected chi connectivity index (χ0v) is 12.2. The van der Waals surface area contributed by atoms with Gasteiger partial charge in [-0.2, -0.15) is 5.26 Å². The molecule has 0 spiro atoms. The standard InChI is InChI=1S/C16H14ClN3O/c1-16-13(7-11(21)8-14(16)17)12(9-18)15(19)20(16)10-5-3-2-4-6-10/h2-7,14,19,21H,8H2,1H3/t14-,16+/m0/s1. The lowest BCUT2D eigenvalue weighted by Crippen LogP contribution is -2.53. The van der Waals surface area contributed by atoms with Crippen molar-refractivity contribution in [1.29, 1.82) is 10.7 Å². The molecule has 0 saturated heterocycles. The normalized spacial score (nSPS) is 28.2. The van der Waals surface area contributed by atoms with Crippen molar-refractivity contribution in [1.82, 2.24) is 0 Å². The van der Waals surface area contributed by atoms with Gasteiger partial charge in [0.1, 0.15) is 17.5 Å². The van der Waals surface area contributed by atoms with Gasteiger partial charge in [0.05, 0.1) is 16.7 Å². The molecule has 1 heterocycles. The quantitative estimate of drug-likeness (QED) is 0.779. The molecular weight excluding hydrogens is 286 g/mol. The Balaban J connectivity index is 2.24. The van der Waals surface area contributed by atoms with E-state index in [9.17, 15) is 10.4 Å². The predicted octanol–water partition coefficient (Wildman–Crippen LogP) is 3.52. The van der Waals surface area contributed by atoms with Crippen LogP contribution in [0.5, 0.6) is 0 Å². The van der Waals surface area contributed by atoms with Crippen LogP contribution >= 0.6 is 11.6 Å². The van der Waals surface area contributed by atoms with Gasteiger partial charge in [-0.3, -0.25) is 5.41 Å². The molecule has 1 aliphatic carbocycles. The molecule has 2 N–H and O–H groups in total. The van der Waals surface area contributed by atoms with Gasteiger partial charge in [-0.25, -0.2) is 0 Å². The maximum absolute atomic E-state index is 9.84. The number of aliphatic hydroxyl groups excluding tert-OH is 1. The highest BCUT2D eigenvalue weighted by atomic mass is 35.5. The molecule has 5 heteroatoms. The topological polar surface area (TPSA) is 71.1 Å². The van der Waals surface area contributed by atoms with E-state index in [0.29, 0.717) is 12.0 Å². The van der Waals surface area contributed by atoms with Crippen molar-refractivity contribution in [2.24, 2.45) is 0 Å². The zero-order chi connectivity index (χ0) is 15.2. The van der Waals surface area contributed by atoms with E-state index in [-0.39, 0.29) is 17.2 Å². The van der Waals surface area contributed by atoms with Crippen LogP contribution in [0.4, 0.5) is 5.69 Å². The minimum absolute atomic E-state index is 0.123. The largest absolute Gasteiger partial charge is 0.512 e. The number of nitriles is 1. The highest BCUT2D eigenvalue weighted by Gasteiger charge is 2.52. The summed E-state index contributed by atoms with van der Waals surface area (Å²) in [7, 11) is 0. The summed E-state index contributed by atoms with van der Waals surface area (Å²) in [5.41, 5.74) is 0.978. The average molecular weight is 300 g/mol. The van der Waals surface area contributed by atoms with E-state index in [4.69, 9.17) is 17.0 Å². The zero-order valence-electron chi connectivity index (χ0n) is 11.5. The molecular formula is C16H14ClN3O. The van der Waals surface area contributed by atoms with Gasteiger partial charge in [0.25, 0.3) is 0 Å². The molecule has 4 nitrogen and oxygen atoms in total. The van der Waals surface area contributed by atoms with E-state index >= 15 is 0 Å². The average Bonchev–Trinajstić information content (AvgIpc) is 2.68. The number of aliphatic hydroxyl groups is 1. The third-order valence-electron chi connectivity index (χ3n) is 4.17. The number of para-hydroxylation sites is 1. The Labute approximate surface area is 128 Å². The van der Waals surface area contributed by atoms with E-state index in [1.165, 1.54) is 0 Å². The number of fused-ring (bicyclic) bond motifs is 1. The maximum atomic E-state index is 9.84. The number of nitrogens with one attached hydrogen (secondary N) is 1. The van der Waals surface area contributed by atoms with E-state index in [0.717, 1.165) is 5.69 Å². The van der Waals surface area contributed by atoms with Gasteiger partial charge >= 0.3 is 0 Å². The number of hydrogen-bond donors (Lipinski definition) is 2. The molecule has 0 unspecified atom stereocenters. The second kappa shape index (κ2) is 4.64. The lowest BCUT2D eigenvalue weighted by molar-refractivity contribution is 0.354. The van der Waals surface area contributed by atoms with Gasteiger partial charge in [0.15, 0.2) is 0 Å². The van der Waals surface area contributed by atoms with Gasteiger partial charge in [-0.15, -0.1) is 11.6 Å². The van der Waals surface area contributed by atoms with Crippen LogP contribution in [-0.4, -0.2) is 21.9 Å². The molecule has 0 radical (unpaired) electrons. The molecule has 0 bridgehead atoms. The fourth-order valence-electron chi connectivity index (χ4n) is 3.07. The first-order valence-corrected chi connectivity index (χ1v) is 7.06. The Kier molecular flexibility index (Phi) is 3.03. The van der Waals surface area contributed by atoms with Crippen molar-refractivity contribution in [3.05, 3.63) is 53.3 Å². The smallest absolute Gasteiger partial charge is 0.144 e. The lowest BCUT2D eigenvalue weighted by Gasteiger charge is -2.43. The number of hydrogen-bond acceptors (Lipinski definition) is 3. The van der Waals surface area contributed by atoms with Crippen LogP contribution in [0.3, 0.4) is 0 Å². The second-order valence-corrected chi connectivity index (χ2v) is 5.90. The first kappa shape index (κ1) is 13.7. The second-order valence-electron chi connectivity index (χ2n) is 5.37. The molecule has 2 aliphatic rings. The van der Waals surface area contributed by atoms with Crippen molar-refractivity contribution in [2.45, 2.75) is 24.3 Å². The van der Waals surface area contributed by atoms with Crippen LogP contribution in [0.25, 0.3) is 0 Å². The SMILES string of the molecule is C[C@]12C(=C(C#N)C(=N)N1c1ccccc1)C=C(O)C[C@@H]2Cl. The molecule has 1 aromatic carbocycles. The molecule has 106 valence electrons. The monoisotopic (exact) mass is 299 g/mol. The number of benzene rings is 1. The summed E-state index contributed by atoms with van der Waals surface area (Å²) in [6.45, 7) is 1.91. The van der Waals surface area contributed by atoms with Crippen LogP contribution in [-0.2, 0) is 0 Å². The van der Waals surface area contributed by atoms with Crippen molar-refractivity contribution in [3.63, 3.8) is 0 Å². The number of allylic oxidation sites excluding steroid dienone is 1. The Morgan fingerprint density at radius 1 is 1.43 bits per heavy atom. The summed E-state index contributed by atoms with van der Waals surface area (Å²) in [5, 5.41) is 27.2. The third kappa shape index (κ3) is 1.78. The summed E-state index contributed by atoms with van der Waals surface area (Å²) < 4.78 is 0. The van der Waals surface area contributed by atoms with Crippen molar-refractivity contribution < 1.29 is 5.11 Å². The van der Waals surface area contributed by atoms with Gasteiger partial charge in [-0.05, 0) is 25.1 Å². The summed E-state index contributed by atoms with van der Waals surface area (Å²) in [6, 6.07) is 11.5. The molecule has 2 atom stereocenters.